The fraction of sp³-hybridized carbons (Fsp3) is 0.412. The Kier molecular flexibility index (Phi) is 6.81. The average molecular weight is 403 g/mol. The van der Waals surface area contributed by atoms with E-state index in [-0.39, 0.29) is 23.0 Å². The average Bonchev–Trinajstić information content (AvgIpc) is 2.72. The molecule has 2 N–H and O–H groups in total. The minimum Gasteiger partial charge on any atom is -0.379 e. The van der Waals surface area contributed by atoms with E-state index < -0.39 is 9.85 Å². The van der Waals surface area contributed by atoms with Gasteiger partial charge in [-0.3, -0.25) is 25.1 Å². The van der Waals surface area contributed by atoms with Crippen LogP contribution in [-0.4, -0.2) is 64.1 Å². The SMILES string of the molecule is O=[N+]([O-])c1cccc(Nc2ncnc(NCCCN3CCOCC3)c2[N+](=O)[O-])c1. The topological polar surface area (TPSA) is 149 Å². The number of rotatable bonds is 9. The third-order valence-corrected chi connectivity index (χ3v) is 4.37. The molecule has 2 heterocycles. The lowest BCUT2D eigenvalue weighted by Gasteiger charge is -2.26. The zero-order valence-corrected chi connectivity index (χ0v) is 15.6. The Morgan fingerprint density at radius 1 is 1.10 bits per heavy atom. The van der Waals surface area contributed by atoms with Crippen molar-refractivity contribution in [1.29, 1.82) is 0 Å². The van der Waals surface area contributed by atoms with Crippen molar-refractivity contribution < 1.29 is 14.6 Å². The van der Waals surface area contributed by atoms with Gasteiger partial charge in [-0.1, -0.05) is 6.07 Å². The largest absolute Gasteiger partial charge is 0.379 e. The smallest absolute Gasteiger partial charge is 0.353 e. The molecule has 3 rings (SSSR count). The predicted molar refractivity (Wildman–Crippen MR) is 105 cm³/mol. The highest BCUT2D eigenvalue weighted by atomic mass is 16.6. The number of ether oxygens (including phenoxy) is 1. The molecule has 0 bridgehead atoms. The van der Waals surface area contributed by atoms with Crippen LogP contribution in [-0.2, 0) is 4.74 Å². The van der Waals surface area contributed by atoms with E-state index in [0.717, 1.165) is 39.3 Å². The van der Waals surface area contributed by atoms with E-state index in [9.17, 15) is 20.2 Å². The molecule has 1 fully saturated rings. The number of nitro groups is 2. The number of nitrogens with one attached hydrogen (secondary N) is 2. The molecule has 29 heavy (non-hydrogen) atoms. The maximum absolute atomic E-state index is 11.6. The second kappa shape index (κ2) is 9.71. The van der Waals surface area contributed by atoms with Crippen LogP contribution in [0.1, 0.15) is 6.42 Å². The molecule has 1 saturated heterocycles. The minimum atomic E-state index is -0.579. The van der Waals surface area contributed by atoms with Crippen molar-refractivity contribution in [3.8, 4) is 0 Å². The van der Waals surface area contributed by atoms with Gasteiger partial charge in [0, 0.05) is 37.5 Å². The number of hydrogen-bond donors (Lipinski definition) is 2. The Hall–Kier alpha value is -3.38. The van der Waals surface area contributed by atoms with Crippen LogP contribution in [0.4, 0.5) is 28.7 Å². The van der Waals surface area contributed by atoms with Gasteiger partial charge in [-0.25, -0.2) is 9.97 Å². The first kappa shape index (κ1) is 20.4. The summed E-state index contributed by atoms with van der Waals surface area (Å²) in [6.07, 6.45) is 1.99. The fourth-order valence-electron chi connectivity index (χ4n) is 2.94. The van der Waals surface area contributed by atoms with E-state index in [1.807, 2.05) is 0 Å². The van der Waals surface area contributed by atoms with Gasteiger partial charge in [-0.15, -0.1) is 0 Å². The van der Waals surface area contributed by atoms with Crippen molar-refractivity contribution in [1.82, 2.24) is 14.9 Å². The Balaban J connectivity index is 1.68. The van der Waals surface area contributed by atoms with E-state index in [0.29, 0.717) is 12.2 Å². The van der Waals surface area contributed by atoms with Crippen molar-refractivity contribution in [3.63, 3.8) is 0 Å². The lowest BCUT2D eigenvalue weighted by atomic mass is 10.2. The van der Waals surface area contributed by atoms with Crippen LogP contribution < -0.4 is 10.6 Å². The molecule has 12 nitrogen and oxygen atoms in total. The summed E-state index contributed by atoms with van der Waals surface area (Å²) in [7, 11) is 0. The monoisotopic (exact) mass is 403 g/mol. The molecular weight excluding hydrogens is 382 g/mol. The van der Waals surface area contributed by atoms with Crippen molar-refractivity contribution >= 4 is 28.7 Å². The highest BCUT2D eigenvalue weighted by Gasteiger charge is 2.23. The summed E-state index contributed by atoms with van der Waals surface area (Å²) in [4.78, 5) is 31.6. The summed E-state index contributed by atoms with van der Waals surface area (Å²) in [5, 5.41) is 28.3. The third-order valence-electron chi connectivity index (χ3n) is 4.37. The van der Waals surface area contributed by atoms with Crippen LogP contribution in [0, 0.1) is 20.2 Å². The molecule has 1 aliphatic heterocycles. The Bertz CT molecular complexity index is 873. The highest BCUT2D eigenvalue weighted by molar-refractivity contribution is 5.74. The first-order chi connectivity index (χ1) is 14.0. The standard InChI is InChI=1S/C17H21N7O5/c25-23(26)14-4-1-3-13(11-14)21-17-15(24(27)28)16(19-12-20-17)18-5-2-6-22-7-9-29-10-8-22/h1,3-4,11-12H,2,5-10H2,(H2,18,19,20,21). The van der Waals surface area contributed by atoms with Gasteiger partial charge in [-0.2, -0.15) is 0 Å². The quantitative estimate of drug-likeness (QED) is 0.362. The number of benzene rings is 1. The number of aromatic nitrogens is 2. The van der Waals surface area contributed by atoms with E-state index >= 15 is 0 Å². The molecule has 1 aromatic heterocycles. The number of nitro benzene ring substituents is 1. The molecule has 0 saturated carbocycles. The number of morpholine rings is 1. The van der Waals surface area contributed by atoms with Crippen molar-refractivity contribution in [3.05, 3.63) is 50.8 Å². The first-order valence-corrected chi connectivity index (χ1v) is 9.09. The summed E-state index contributed by atoms with van der Waals surface area (Å²) in [6.45, 7) is 4.56. The van der Waals surface area contributed by atoms with E-state index in [1.165, 1.54) is 24.5 Å². The zero-order chi connectivity index (χ0) is 20.6. The van der Waals surface area contributed by atoms with Gasteiger partial charge < -0.3 is 15.4 Å². The number of nitrogens with zero attached hydrogens (tertiary/aromatic N) is 5. The number of anilines is 3. The molecule has 0 amide bonds. The van der Waals surface area contributed by atoms with Gasteiger partial charge in [0.25, 0.3) is 5.69 Å². The lowest BCUT2D eigenvalue weighted by Crippen LogP contribution is -2.37. The van der Waals surface area contributed by atoms with Gasteiger partial charge in [-0.05, 0) is 19.0 Å². The second-order valence-corrected chi connectivity index (χ2v) is 6.34. The maximum atomic E-state index is 11.6. The molecule has 0 unspecified atom stereocenters. The van der Waals surface area contributed by atoms with Crippen LogP contribution in [0.15, 0.2) is 30.6 Å². The van der Waals surface area contributed by atoms with Crippen LogP contribution in [0.5, 0.6) is 0 Å². The molecular formula is C17H21N7O5. The molecule has 1 aromatic carbocycles. The maximum Gasteiger partial charge on any atom is 0.353 e. The van der Waals surface area contributed by atoms with Gasteiger partial charge in [0.2, 0.25) is 11.6 Å². The molecule has 1 aliphatic rings. The van der Waals surface area contributed by atoms with Gasteiger partial charge in [0.05, 0.1) is 23.1 Å². The van der Waals surface area contributed by atoms with Crippen LogP contribution in [0.25, 0.3) is 0 Å². The molecule has 0 spiro atoms. The van der Waals surface area contributed by atoms with E-state index in [2.05, 4.69) is 25.5 Å². The first-order valence-electron chi connectivity index (χ1n) is 9.09. The molecule has 2 aromatic rings. The van der Waals surface area contributed by atoms with Crippen LogP contribution in [0.3, 0.4) is 0 Å². The second-order valence-electron chi connectivity index (χ2n) is 6.34. The number of hydrogen-bond acceptors (Lipinski definition) is 10. The van der Waals surface area contributed by atoms with Gasteiger partial charge >= 0.3 is 5.69 Å². The summed E-state index contributed by atoms with van der Waals surface area (Å²) in [5.41, 5.74) is -0.127. The lowest BCUT2D eigenvalue weighted by molar-refractivity contribution is -0.384. The van der Waals surface area contributed by atoms with Crippen molar-refractivity contribution in [2.75, 3.05) is 50.0 Å². The van der Waals surface area contributed by atoms with Crippen molar-refractivity contribution in [2.45, 2.75) is 6.42 Å². The Morgan fingerprint density at radius 3 is 2.59 bits per heavy atom. The van der Waals surface area contributed by atoms with Crippen molar-refractivity contribution in [2.24, 2.45) is 0 Å². The summed E-state index contributed by atoms with van der Waals surface area (Å²) < 4.78 is 5.31. The van der Waals surface area contributed by atoms with E-state index in [4.69, 9.17) is 4.74 Å². The zero-order valence-electron chi connectivity index (χ0n) is 15.6. The molecule has 12 heteroatoms. The Labute approximate surface area is 166 Å². The fourth-order valence-corrected chi connectivity index (χ4v) is 2.94. The van der Waals surface area contributed by atoms with Gasteiger partial charge in [0.15, 0.2) is 0 Å². The summed E-state index contributed by atoms with van der Waals surface area (Å²) >= 11 is 0. The molecule has 0 radical (unpaired) electrons. The molecule has 0 atom stereocenters. The predicted octanol–water partition coefficient (Wildman–Crippen LogP) is 2.17. The highest BCUT2D eigenvalue weighted by Crippen LogP contribution is 2.31. The van der Waals surface area contributed by atoms with Crippen LogP contribution in [0.2, 0.25) is 0 Å². The normalized spacial score (nSPS) is 14.3. The minimum absolute atomic E-state index is 0.0406. The van der Waals surface area contributed by atoms with E-state index in [1.54, 1.807) is 6.07 Å². The third kappa shape index (κ3) is 5.56. The molecule has 0 aliphatic carbocycles. The van der Waals surface area contributed by atoms with Crippen LogP contribution >= 0.6 is 0 Å². The molecule has 154 valence electrons. The summed E-state index contributed by atoms with van der Waals surface area (Å²) in [5.74, 6) is 0.0566. The number of non-ortho nitro benzene ring substituents is 1. The summed E-state index contributed by atoms with van der Waals surface area (Å²) in [6, 6.07) is 5.66. The Morgan fingerprint density at radius 2 is 1.86 bits per heavy atom. The van der Waals surface area contributed by atoms with Gasteiger partial charge in [0.1, 0.15) is 6.33 Å².